The summed E-state index contributed by atoms with van der Waals surface area (Å²) >= 11 is 0. The first-order valence-electron chi connectivity index (χ1n) is 4.15. The highest BCUT2D eigenvalue weighted by Crippen LogP contribution is 2.34. The quantitative estimate of drug-likeness (QED) is 0.782. The first-order valence-corrected chi connectivity index (χ1v) is 5.69. The zero-order valence-electron chi connectivity index (χ0n) is 7.24. The molecule has 1 N–H and O–H groups in total. The van der Waals surface area contributed by atoms with Crippen molar-refractivity contribution in [2.24, 2.45) is 0 Å². The molecule has 0 aromatic rings. The number of halogens is 2. The second-order valence-corrected chi connectivity index (χ2v) is 5.54. The van der Waals surface area contributed by atoms with Crippen LogP contribution in [0.5, 0.6) is 0 Å². The van der Waals surface area contributed by atoms with Gasteiger partial charge < -0.3 is 5.11 Å². The van der Waals surface area contributed by atoms with Gasteiger partial charge in [0.15, 0.2) is 0 Å². The lowest BCUT2D eigenvalue weighted by Crippen LogP contribution is -2.42. The summed E-state index contributed by atoms with van der Waals surface area (Å²) in [5, 5.41) is 2.26. The lowest BCUT2D eigenvalue weighted by atomic mass is 10.4. The summed E-state index contributed by atoms with van der Waals surface area (Å²) in [5.74, 6) is -2.59. The van der Waals surface area contributed by atoms with Crippen molar-refractivity contribution in [3.63, 3.8) is 0 Å². The molecule has 0 spiro atoms. The van der Waals surface area contributed by atoms with Crippen molar-refractivity contribution in [2.75, 3.05) is 0 Å². The second-order valence-electron chi connectivity index (χ2n) is 3.27. The maximum absolute atomic E-state index is 12.8. The predicted octanol–water partition coefficient (Wildman–Crippen LogP) is 1.02. The van der Waals surface area contributed by atoms with Gasteiger partial charge in [0.1, 0.15) is 0 Å². The molecule has 0 radical (unpaired) electrons. The molecule has 1 rings (SSSR count). The SMILES string of the molecule is O=C(O)C(F)(F)S(=O)(=O)C1CCCC1. The number of hydrogen-bond donors (Lipinski definition) is 1. The molecule has 0 aromatic heterocycles. The molecule has 0 aromatic carbocycles. The van der Waals surface area contributed by atoms with Crippen LogP contribution in [0.1, 0.15) is 25.7 Å². The van der Waals surface area contributed by atoms with Crippen LogP contribution >= 0.6 is 0 Å². The van der Waals surface area contributed by atoms with Crippen LogP contribution in [0.15, 0.2) is 0 Å². The summed E-state index contributed by atoms with van der Waals surface area (Å²) in [7, 11) is -4.87. The fourth-order valence-electron chi connectivity index (χ4n) is 1.53. The molecule has 0 aliphatic heterocycles. The highest BCUT2D eigenvalue weighted by Gasteiger charge is 2.56. The van der Waals surface area contributed by atoms with E-state index < -0.39 is 26.3 Å². The zero-order chi connectivity index (χ0) is 11.0. The maximum atomic E-state index is 12.8. The van der Waals surface area contributed by atoms with Gasteiger partial charge in [-0.2, -0.15) is 8.78 Å². The number of rotatable bonds is 3. The third kappa shape index (κ3) is 1.60. The molecule has 0 heterocycles. The second kappa shape index (κ2) is 3.45. The van der Waals surface area contributed by atoms with Crippen LogP contribution in [0.25, 0.3) is 0 Å². The number of carboxylic acids is 1. The Balaban J connectivity index is 3.00. The molecule has 7 heteroatoms. The minimum absolute atomic E-state index is 0.130. The van der Waals surface area contributed by atoms with Gasteiger partial charge in [0.05, 0.1) is 5.25 Å². The Labute approximate surface area is 79.8 Å². The van der Waals surface area contributed by atoms with E-state index in [0.29, 0.717) is 12.8 Å². The van der Waals surface area contributed by atoms with Crippen molar-refractivity contribution in [1.29, 1.82) is 0 Å². The smallest absolute Gasteiger partial charge is 0.439 e. The van der Waals surface area contributed by atoms with Gasteiger partial charge in [-0.25, -0.2) is 13.2 Å². The largest absolute Gasteiger partial charge is 0.476 e. The molecule has 1 aliphatic rings. The van der Waals surface area contributed by atoms with Gasteiger partial charge in [0.25, 0.3) is 0 Å². The molecule has 1 saturated carbocycles. The number of carbonyl (C=O) groups is 1. The molecular formula is C7H10F2O4S. The monoisotopic (exact) mass is 228 g/mol. The molecule has 1 aliphatic carbocycles. The predicted molar refractivity (Wildman–Crippen MR) is 43.8 cm³/mol. The molecule has 0 saturated heterocycles. The molecule has 82 valence electrons. The fourth-order valence-corrected chi connectivity index (χ4v) is 3.15. The number of carboxylic acid groups (broad SMARTS) is 1. The van der Waals surface area contributed by atoms with Crippen molar-refractivity contribution in [1.82, 2.24) is 0 Å². The molecular weight excluding hydrogens is 218 g/mol. The summed E-state index contributed by atoms with van der Waals surface area (Å²) in [5.41, 5.74) is 0. The number of hydrogen-bond acceptors (Lipinski definition) is 3. The van der Waals surface area contributed by atoms with Gasteiger partial charge in [-0.1, -0.05) is 12.8 Å². The van der Waals surface area contributed by atoms with E-state index in [4.69, 9.17) is 5.11 Å². The van der Waals surface area contributed by atoms with E-state index in [-0.39, 0.29) is 12.8 Å². The highest BCUT2D eigenvalue weighted by molar-refractivity contribution is 7.93. The van der Waals surface area contributed by atoms with E-state index in [1.54, 1.807) is 0 Å². The summed E-state index contributed by atoms with van der Waals surface area (Å²) in [6.07, 6.45) is 1.37. The van der Waals surface area contributed by atoms with E-state index in [1.165, 1.54) is 0 Å². The normalized spacial score (nSPS) is 19.9. The standard InChI is InChI=1S/C7H10F2O4S/c8-7(9,6(10)11)14(12,13)5-3-1-2-4-5/h5H,1-4H2,(H,10,11). The van der Waals surface area contributed by atoms with E-state index in [0.717, 1.165) is 0 Å². The van der Waals surface area contributed by atoms with Crippen LogP contribution in [-0.2, 0) is 14.6 Å². The molecule has 0 bridgehead atoms. The molecule has 14 heavy (non-hydrogen) atoms. The molecule has 0 unspecified atom stereocenters. The first kappa shape index (κ1) is 11.4. The Morgan fingerprint density at radius 1 is 1.29 bits per heavy atom. The highest BCUT2D eigenvalue weighted by atomic mass is 32.2. The summed E-state index contributed by atoms with van der Waals surface area (Å²) in [6.45, 7) is 0. The van der Waals surface area contributed by atoms with Gasteiger partial charge in [-0.15, -0.1) is 0 Å². The molecule has 1 fully saturated rings. The third-order valence-electron chi connectivity index (χ3n) is 2.35. The van der Waals surface area contributed by atoms with Crippen molar-refractivity contribution in [3.05, 3.63) is 0 Å². The third-order valence-corrected chi connectivity index (χ3v) is 4.59. The van der Waals surface area contributed by atoms with Gasteiger partial charge in [0.2, 0.25) is 9.84 Å². The number of alkyl halides is 2. The van der Waals surface area contributed by atoms with Crippen molar-refractivity contribution in [2.45, 2.75) is 36.2 Å². The van der Waals surface area contributed by atoms with Gasteiger partial charge in [-0.3, -0.25) is 0 Å². The van der Waals surface area contributed by atoms with Crippen molar-refractivity contribution < 1.29 is 27.1 Å². The van der Waals surface area contributed by atoms with Crippen LogP contribution in [-0.4, -0.2) is 30.0 Å². The zero-order valence-corrected chi connectivity index (χ0v) is 8.06. The average molecular weight is 228 g/mol. The van der Waals surface area contributed by atoms with E-state index >= 15 is 0 Å². The van der Waals surface area contributed by atoms with Gasteiger partial charge in [0, 0.05) is 0 Å². The van der Waals surface area contributed by atoms with Gasteiger partial charge >= 0.3 is 11.2 Å². The lowest BCUT2D eigenvalue weighted by Gasteiger charge is -2.16. The topological polar surface area (TPSA) is 71.4 Å². The Bertz CT molecular complexity index is 330. The van der Waals surface area contributed by atoms with Gasteiger partial charge in [-0.05, 0) is 12.8 Å². The maximum Gasteiger partial charge on any atom is 0.439 e. The minimum Gasteiger partial charge on any atom is -0.476 e. The van der Waals surface area contributed by atoms with E-state index in [9.17, 15) is 22.0 Å². The van der Waals surface area contributed by atoms with Crippen LogP contribution in [0.2, 0.25) is 0 Å². The van der Waals surface area contributed by atoms with Crippen LogP contribution in [0, 0.1) is 0 Å². The average Bonchev–Trinajstić information content (AvgIpc) is 2.55. The number of aliphatic carboxylic acids is 1. The van der Waals surface area contributed by atoms with Crippen molar-refractivity contribution in [3.8, 4) is 0 Å². The molecule has 0 amide bonds. The Hall–Kier alpha value is -0.720. The van der Waals surface area contributed by atoms with Crippen LogP contribution < -0.4 is 0 Å². The van der Waals surface area contributed by atoms with Crippen LogP contribution in [0.4, 0.5) is 8.78 Å². The summed E-state index contributed by atoms with van der Waals surface area (Å²) in [6, 6.07) is 0. The Kier molecular flexibility index (Phi) is 2.80. The fraction of sp³-hybridized carbons (Fsp3) is 0.857. The Morgan fingerprint density at radius 2 is 1.71 bits per heavy atom. The first-order chi connectivity index (χ1) is 6.30. The van der Waals surface area contributed by atoms with E-state index in [2.05, 4.69) is 0 Å². The minimum atomic E-state index is -4.87. The summed E-state index contributed by atoms with van der Waals surface area (Å²) in [4.78, 5) is 10.1. The summed E-state index contributed by atoms with van der Waals surface area (Å²) < 4.78 is 47.9. The molecule has 4 nitrogen and oxygen atoms in total. The van der Waals surface area contributed by atoms with Crippen LogP contribution in [0.3, 0.4) is 0 Å². The van der Waals surface area contributed by atoms with E-state index in [1.807, 2.05) is 0 Å². The Morgan fingerprint density at radius 3 is 2.07 bits per heavy atom. The lowest BCUT2D eigenvalue weighted by molar-refractivity contribution is -0.153. The number of sulfone groups is 1. The molecule has 0 atom stereocenters. The van der Waals surface area contributed by atoms with Crippen molar-refractivity contribution >= 4 is 15.8 Å².